The molecule has 0 amide bonds. The second-order valence-electron chi connectivity index (χ2n) is 3.67. The van der Waals surface area contributed by atoms with E-state index in [1.54, 1.807) is 4.57 Å². The summed E-state index contributed by atoms with van der Waals surface area (Å²) in [4.78, 5) is 0.590. The molecule has 1 unspecified atom stereocenters. The molecule has 1 aromatic carbocycles. The van der Waals surface area contributed by atoms with Crippen LogP contribution in [0.1, 0.15) is 11.6 Å². The van der Waals surface area contributed by atoms with Crippen molar-refractivity contribution in [3.8, 4) is 0 Å². The Balaban J connectivity index is 2.17. The van der Waals surface area contributed by atoms with E-state index in [9.17, 15) is 8.60 Å². The zero-order valence-electron chi connectivity index (χ0n) is 9.55. The lowest BCUT2D eigenvalue weighted by Gasteiger charge is -2.02. The van der Waals surface area contributed by atoms with Crippen LogP contribution in [0.2, 0.25) is 0 Å². The Morgan fingerprint density at radius 3 is 2.47 bits per heavy atom. The molecule has 1 atom stereocenters. The van der Waals surface area contributed by atoms with Gasteiger partial charge in [0.25, 0.3) is 0 Å². The third-order valence-electron chi connectivity index (χ3n) is 2.52. The number of benzene rings is 1. The maximum Gasteiger partial charge on any atom is 0.145 e. The van der Waals surface area contributed by atoms with Crippen LogP contribution in [0.5, 0.6) is 0 Å². The minimum Gasteiger partial charge on any atom is -0.318 e. The molecule has 0 saturated carbocycles. The molecule has 2 aromatic rings. The van der Waals surface area contributed by atoms with Crippen LogP contribution in [0.25, 0.3) is 0 Å². The molecule has 0 saturated heterocycles. The number of aryl methyl sites for hydroxylation is 1. The van der Waals surface area contributed by atoms with E-state index in [1.807, 2.05) is 14.0 Å². The van der Waals surface area contributed by atoms with Crippen LogP contribution in [0, 0.1) is 12.7 Å². The van der Waals surface area contributed by atoms with Crippen molar-refractivity contribution in [3.63, 3.8) is 0 Å². The molecule has 1 aromatic heterocycles. The summed E-state index contributed by atoms with van der Waals surface area (Å²) < 4.78 is 26.5. The third-order valence-corrected chi connectivity index (χ3v) is 3.84. The van der Waals surface area contributed by atoms with Crippen molar-refractivity contribution in [2.75, 3.05) is 0 Å². The molecular weight excluding hydrogens is 241 g/mol. The quantitative estimate of drug-likeness (QED) is 0.834. The zero-order chi connectivity index (χ0) is 12.4. The highest BCUT2D eigenvalue weighted by Gasteiger charge is 2.11. The van der Waals surface area contributed by atoms with Gasteiger partial charge in [0.15, 0.2) is 0 Å². The molecule has 0 radical (unpaired) electrons. The summed E-state index contributed by atoms with van der Waals surface area (Å²) in [7, 11) is 0.596. The average Bonchev–Trinajstić information content (AvgIpc) is 2.62. The molecular formula is C11H12FN3OS. The fourth-order valence-corrected chi connectivity index (χ4v) is 2.46. The van der Waals surface area contributed by atoms with Crippen LogP contribution in [0.4, 0.5) is 4.39 Å². The van der Waals surface area contributed by atoms with Crippen LogP contribution in [0.3, 0.4) is 0 Å². The Hall–Kier alpha value is -1.56. The van der Waals surface area contributed by atoms with Crippen molar-refractivity contribution in [1.82, 2.24) is 14.8 Å². The van der Waals surface area contributed by atoms with Gasteiger partial charge < -0.3 is 4.57 Å². The lowest BCUT2D eigenvalue weighted by molar-refractivity contribution is 0.626. The van der Waals surface area contributed by atoms with Gasteiger partial charge in [0.05, 0.1) is 16.6 Å². The standard InChI is InChI=1S/C11H12FN3OS/c1-8-13-14-11(15(8)2)7-17(16)10-5-3-9(12)4-6-10/h3-6H,7H2,1-2H3. The molecule has 0 bridgehead atoms. The van der Waals surface area contributed by atoms with Gasteiger partial charge in [-0.1, -0.05) is 0 Å². The Bertz CT molecular complexity index is 550. The first kappa shape index (κ1) is 11.9. The molecule has 0 aliphatic heterocycles. The molecule has 0 aliphatic rings. The van der Waals surface area contributed by atoms with Crippen LogP contribution in [-0.4, -0.2) is 19.0 Å². The number of hydrogen-bond donors (Lipinski definition) is 0. The maximum atomic E-state index is 12.7. The molecule has 0 fully saturated rings. The summed E-state index contributed by atoms with van der Waals surface area (Å²) in [5.41, 5.74) is 0. The number of aromatic nitrogens is 3. The summed E-state index contributed by atoms with van der Waals surface area (Å²) in [6, 6.07) is 5.65. The molecule has 0 spiro atoms. The highest BCUT2D eigenvalue weighted by atomic mass is 32.2. The van der Waals surface area contributed by atoms with E-state index in [4.69, 9.17) is 0 Å². The lowest BCUT2D eigenvalue weighted by Crippen LogP contribution is -2.04. The van der Waals surface area contributed by atoms with Gasteiger partial charge in [0.1, 0.15) is 17.5 Å². The van der Waals surface area contributed by atoms with E-state index in [1.165, 1.54) is 24.3 Å². The van der Waals surface area contributed by atoms with E-state index in [0.717, 1.165) is 5.82 Å². The summed E-state index contributed by atoms with van der Waals surface area (Å²) in [6.45, 7) is 1.83. The monoisotopic (exact) mass is 253 g/mol. The summed E-state index contributed by atoms with van der Waals surface area (Å²) in [5, 5.41) is 7.84. The van der Waals surface area contributed by atoms with E-state index in [-0.39, 0.29) is 11.6 Å². The average molecular weight is 253 g/mol. The van der Waals surface area contributed by atoms with Crippen molar-refractivity contribution in [2.24, 2.45) is 7.05 Å². The first-order valence-corrected chi connectivity index (χ1v) is 6.38. The summed E-state index contributed by atoms with van der Waals surface area (Å²) in [5.74, 6) is 1.38. The number of halogens is 1. The molecule has 6 heteroatoms. The predicted molar refractivity (Wildman–Crippen MR) is 62.3 cm³/mol. The molecule has 17 heavy (non-hydrogen) atoms. The van der Waals surface area contributed by atoms with E-state index in [2.05, 4.69) is 10.2 Å². The first-order valence-electron chi connectivity index (χ1n) is 5.07. The lowest BCUT2D eigenvalue weighted by atomic mass is 10.4. The summed E-state index contributed by atoms with van der Waals surface area (Å²) >= 11 is 0. The van der Waals surface area contributed by atoms with Crippen molar-refractivity contribution in [1.29, 1.82) is 0 Å². The van der Waals surface area contributed by atoms with Crippen LogP contribution in [-0.2, 0) is 23.6 Å². The minimum atomic E-state index is -1.23. The SMILES string of the molecule is Cc1nnc(CS(=O)c2ccc(F)cc2)n1C. The number of hydrogen-bond acceptors (Lipinski definition) is 3. The van der Waals surface area contributed by atoms with Gasteiger partial charge in [0, 0.05) is 11.9 Å². The second kappa shape index (κ2) is 4.75. The minimum absolute atomic E-state index is 0.281. The Morgan fingerprint density at radius 1 is 1.29 bits per heavy atom. The van der Waals surface area contributed by atoms with Crippen LogP contribution >= 0.6 is 0 Å². The van der Waals surface area contributed by atoms with Gasteiger partial charge in [-0.15, -0.1) is 10.2 Å². The normalized spacial score (nSPS) is 12.6. The van der Waals surface area contributed by atoms with Gasteiger partial charge in [-0.25, -0.2) is 4.39 Å². The molecule has 2 rings (SSSR count). The molecule has 90 valence electrons. The first-order chi connectivity index (χ1) is 8.08. The Kier molecular flexibility index (Phi) is 3.33. The number of rotatable bonds is 3. The topological polar surface area (TPSA) is 47.8 Å². The fraction of sp³-hybridized carbons (Fsp3) is 0.273. The van der Waals surface area contributed by atoms with Crippen LogP contribution in [0.15, 0.2) is 29.2 Å². The van der Waals surface area contributed by atoms with Gasteiger partial charge in [-0.05, 0) is 31.2 Å². The van der Waals surface area contributed by atoms with Gasteiger partial charge in [0.2, 0.25) is 0 Å². The van der Waals surface area contributed by atoms with Crippen molar-refractivity contribution < 1.29 is 8.60 Å². The van der Waals surface area contributed by atoms with Crippen molar-refractivity contribution in [2.45, 2.75) is 17.6 Å². The van der Waals surface area contributed by atoms with Crippen molar-refractivity contribution in [3.05, 3.63) is 41.7 Å². The van der Waals surface area contributed by atoms with Gasteiger partial charge in [-0.2, -0.15) is 0 Å². The van der Waals surface area contributed by atoms with E-state index in [0.29, 0.717) is 10.7 Å². The highest BCUT2D eigenvalue weighted by molar-refractivity contribution is 7.84. The number of nitrogens with zero attached hydrogens (tertiary/aromatic N) is 3. The Labute approximate surface area is 101 Å². The van der Waals surface area contributed by atoms with Gasteiger partial charge in [-0.3, -0.25) is 4.21 Å². The highest BCUT2D eigenvalue weighted by Crippen LogP contribution is 2.12. The van der Waals surface area contributed by atoms with E-state index >= 15 is 0 Å². The molecule has 1 heterocycles. The third kappa shape index (κ3) is 2.58. The zero-order valence-corrected chi connectivity index (χ0v) is 10.4. The largest absolute Gasteiger partial charge is 0.318 e. The molecule has 4 nitrogen and oxygen atoms in total. The van der Waals surface area contributed by atoms with Crippen molar-refractivity contribution >= 4 is 10.8 Å². The summed E-state index contributed by atoms with van der Waals surface area (Å²) in [6.07, 6.45) is 0. The Morgan fingerprint density at radius 2 is 1.94 bits per heavy atom. The molecule has 0 aliphatic carbocycles. The fourth-order valence-electron chi connectivity index (χ4n) is 1.36. The van der Waals surface area contributed by atoms with E-state index < -0.39 is 10.8 Å². The smallest absolute Gasteiger partial charge is 0.145 e. The predicted octanol–water partition coefficient (Wildman–Crippen LogP) is 1.57. The molecule has 0 N–H and O–H groups in total. The van der Waals surface area contributed by atoms with Gasteiger partial charge >= 0.3 is 0 Å². The van der Waals surface area contributed by atoms with Crippen LogP contribution < -0.4 is 0 Å². The maximum absolute atomic E-state index is 12.7. The second-order valence-corrected chi connectivity index (χ2v) is 5.12.